The number of halogens is 1. The minimum Gasteiger partial charge on any atom is -0.459 e. The van der Waals surface area contributed by atoms with Crippen molar-refractivity contribution in [3.8, 4) is 0 Å². The fourth-order valence-corrected chi connectivity index (χ4v) is 2.33. The third-order valence-electron chi connectivity index (χ3n) is 3.28. The molecular formula is C16H25BrN4O4. The summed E-state index contributed by atoms with van der Waals surface area (Å²) in [5.74, 6) is -0.113. The van der Waals surface area contributed by atoms with E-state index in [1.165, 1.54) is 6.20 Å². The van der Waals surface area contributed by atoms with Crippen LogP contribution in [0.1, 0.15) is 45.2 Å². The smallest absolute Gasteiger partial charge is 0.306 e. The van der Waals surface area contributed by atoms with E-state index >= 15 is 0 Å². The summed E-state index contributed by atoms with van der Waals surface area (Å²) in [6.45, 7) is 4.71. The number of hydrogen-bond acceptors (Lipinski definition) is 7. The van der Waals surface area contributed by atoms with E-state index in [0.29, 0.717) is 23.2 Å². The largest absolute Gasteiger partial charge is 0.459 e. The van der Waals surface area contributed by atoms with Crippen molar-refractivity contribution in [3.63, 3.8) is 0 Å². The number of nitrogen functional groups attached to an aromatic ring is 1. The van der Waals surface area contributed by atoms with Crippen LogP contribution >= 0.6 is 15.9 Å². The Labute approximate surface area is 155 Å². The summed E-state index contributed by atoms with van der Waals surface area (Å²) in [6, 6.07) is 0. The maximum Gasteiger partial charge on any atom is 0.306 e. The molecule has 0 aromatic carbocycles. The molecule has 1 aromatic heterocycles. The topological polar surface area (TPSA) is 130 Å². The van der Waals surface area contributed by atoms with Gasteiger partial charge in [-0.15, -0.1) is 0 Å². The van der Waals surface area contributed by atoms with E-state index in [4.69, 9.17) is 20.9 Å². The lowest BCUT2D eigenvalue weighted by Gasteiger charge is -2.18. The monoisotopic (exact) mass is 416 g/mol. The van der Waals surface area contributed by atoms with Gasteiger partial charge in [-0.3, -0.25) is 9.59 Å². The van der Waals surface area contributed by atoms with E-state index in [-0.39, 0.29) is 36.5 Å². The van der Waals surface area contributed by atoms with E-state index in [0.717, 1.165) is 19.3 Å². The number of ether oxygens (including phenoxy) is 2. The summed E-state index contributed by atoms with van der Waals surface area (Å²) >= 11 is 3.26. The Kier molecular flexibility index (Phi) is 9.36. The van der Waals surface area contributed by atoms with Crippen molar-refractivity contribution in [1.29, 1.82) is 0 Å². The molecule has 1 amide bonds. The SMILES string of the molecule is CC(C)CC(=O)OCc1nc(N)ncc1Br.NC(=O)C1CCCCO1. The molecule has 4 N–H and O–H groups in total. The molecule has 0 bridgehead atoms. The van der Waals surface area contributed by atoms with Crippen molar-refractivity contribution in [2.24, 2.45) is 11.7 Å². The lowest BCUT2D eigenvalue weighted by Crippen LogP contribution is -2.33. The minimum absolute atomic E-state index is 0.110. The van der Waals surface area contributed by atoms with Gasteiger partial charge in [0.2, 0.25) is 11.9 Å². The Balaban J connectivity index is 0.000000293. The zero-order chi connectivity index (χ0) is 18.8. The zero-order valence-corrected chi connectivity index (χ0v) is 16.1. The van der Waals surface area contributed by atoms with Crippen molar-refractivity contribution in [2.75, 3.05) is 12.3 Å². The summed E-state index contributed by atoms with van der Waals surface area (Å²) in [5, 5.41) is 0. The maximum absolute atomic E-state index is 11.3. The van der Waals surface area contributed by atoms with E-state index in [9.17, 15) is 9.59 Å². The van der Waals surface area contributed by atoms with Gasteiger partial charge in [-0.05, 0) is 41.1 Å². The molecule has 2 heterocycles. The molecule has 0 spiro atoms. The van der Waals surface area contributed by atoms with Gasteiger partial charge in [0.1, 0.15) is 12.7 Å². The molecule has 1 atom stereocenters. The number of esters is 1. The normalized spacial score (nSPS) is 16.7. The third-order valence-corrected chi connectivity index (χ3v) is 3.94. The Bertz CT molecular complexity index is 577. The first-order valence-electron chi connectivity index (χ1n) is 8.13. The molecule has 1 saturated heterocycles. The number of primary amides is 1. The average molecular weight is 417 g/mol. The average Bonchev–Trinajstić information content (AvgIpc) is 2.56. The van der Waals surface area contributed by atoms with Crippen LogP contribution in [0.2, 0.25) is 0 Å². The summed E-state index contributed by atoms with van der Waals surface area (Å²) < 4.78 is 10.8. The first-order chi connectivity index (χ1) is 11.8. The zero-order valence-electron chi connectivity index (χ0n) is 14.5. The van der Waals surface area contributed by atoms with Gasteiger partial charge in [0.25, 0.3) is 0 Å². The van der Waals surface area contributed by atoms with Crippen LogP contribution in [0.25, 0.3) is 0 Å². The third kappa shape index (κ3) is 8.78. The number of amides is 1. The Morgan fingerprint density at radius 2 is 2.16 bits per heavy atom. The molecule has 140 valence electrons. The molecule has 8 nitrogen and oxygen atoms in total. The summed E-state index contributed by atoms with van der Waals surface area (Å²) in [6.07, 6.45) is 4.55. The summed E-state index contributed by atoms with van der Waals surface area (Å²) in [5.41, 5.74) is 11.0. The van der Waals surface area contributed by atoms with E-state index in [1.54, 1.807) is 0 Å². The van der Waals surface area contributed by atoms with Gasteiger partial charge in [0, 0.05) is 19.2 Å². The fourth-order valence-electron chi connectivity index (χ4n) is 2.03. The molecule has 1 unspecified atom stereocenters. The fraction of sp³-hybridized carbons (Fsp3) is 0.625. The highest BCUT2D eigenvalue weighted by atomic mass is 79.9. The molecule has 25 heavy (non-hydrogen) atoms. The van der Waals surface area contributed by atoms with Crippen LogP contribution in [0, 0.1) is 5.92 Å². The predicted molar refractivity (Wildman–Crippen MR) is 96.2 cm³/mol. The molecule has 1 aromatic rings. The number of carbonyl (C=O) groups is 2. The van der Waals surface area contributed by atoms with Gasteiger partial charge in [0.15, 0.2) is 0 Å². The van der Waals surface area contributed by atoms with Gasteiger partial charge in [0.05, 0.1) is 10.2 Å². The molecule has 0 radical (unpaired) electrons. The summed E-state index contributed by atoms with van der Waals surface area (Å²) in [4.78, 5) is 29.5. The van der Waals surface area contributed by atoms with Crippen molar-refractivity contribution < 1.29 is 19.1 Å². The van der Waals surface area contributed by atoms with Gasteiger partial charge in [-0.2, -0.15) is 0 Å². The van der Waals surface area contributed by atoms with Crippen molar-refractivity contribution in [2.45, 2.75) is 52.2 Å². The lowest BCUT2D eigenvalue weighted by atomic mass is 10.1. The number of hydrogen-bond donors (Lipinski definition) is 2. The Morgan fingerprint density at radius 3 is 2.68 bits per heavy atom. The van der Waals surface area contributed by atoms with Crippen LogP contribution < -0.4 is 11.5 Å². The van der Waals surface area contributed by atoms with Gasteiger partial charge in [-0.25, -0.2) is 9.97 Å². The second kappa shape index (κ2) is 11.0. The van der Waals surface area contributed by atoms with E-state index < -0.39 is 0 Å². The molecule has 9 heteroatoms. The minimum atomic E-state index is -0.324. The second-order valence-electron chi connectivity index (χ2n) is 6.04. The van der Waals surface area contributed by atoms with E-state index in [1.807, 2.05) is 13.8 Å². The molecule has 0 aliphatic carbocycles. The molecule has 0 saturated carbocycles. The van der Waals surface area contributed by atoms with Crippen LogP contribution in [0.3, 0.4) is 0 Å². The maximum atomic E-state index is 11.3. The first-order valence-corrected chi connectivity index (χ1v) is 8.92. The number of rotatable bonds is 5. The quantitative estimate of drug-likeness (QED) is 0.700. The molecular weight excluding hydrogens is 392 g/mol. The number of aromatic nitrogens is 2. The van der Waals surface area contributed by atoms with Crippen molar-refractivity contribution >= 4 is 33.8 Å². The predicted octanol–water partition coefficient (Wildman–Crippen LogP) is 1.95. The van der Waals surface area contributed by atoms with Gasteiger partial charge >= 0.3 is 5.97 Å². The standard InChI is InChI=1S/C10H14BrN3O2.C6H11NO2/c1-6(2)3-9(15)16-5-8-7(11)4-13-10(12)14-8;7-6(8)5-3-1-2-4-9-5/h4,6H,3,5H2,1-2H3,(H2,12,13,14);5H,1-4H2,(H2,7,8). The highest BCUT2D eigenvalue weighted by Crippen LogP contribution is 2.15. The van der Waals surface area contributed by atoms with Crippen LogP contribution in [0.5, 0.6) is 0 Å². The highest BCUT2D eigenvalue weighted by Gasteiger charge is 2.18. The molecule has 1 aliphatic heterocycles. The van der Waals surface area contributed by atoms with Crippen LogP contribution in [-0.4, -0.2) is 34.6 Å². The van der Waals surface area contributed by atoms with E-state index in [2.05, 4.69) is 25.9 Å². The van der Waals surface area contributed by atoms with Crippen LogP contribution in [0.15, 0.2) is 10.7 Å². The van der Waals surface area contributed by atoms with Gasteiger partial charge in [-0.1, -0.05) is 13.8 Å². The molecule has 2 rings (SSSR count). The second-order valence-corrected chi connectivity index (χ2v) is 6.89. The highest BCUT2D eigenvalue weighted by molar-refractivity contribution is 9.10. The molecule has 1 fully saturated rings. The van der Waals surface area contributed by atoms with Crippen LogP contribution in [0.4, 0.5) is 5.95 Å². The van der Waals surface area contributed by atoms with Crippen molar-refractivity contribution in [3.05, 3.63) is 16.4 Å². The number of carbonyl (C=O) groups excluding carboxylic acids is 2. The number of nitrogens with two attached hydrogens (primary N) is 2. The molecule has 1 aliphatic rings. The Morgan fingerprint density at radius 1 is 1.44 bits per heavy atom. The van der Waals surface area contributed by atoms with Gasteiger partial charge < -0.3 is 20.9 Å². The summed E-state index contributed by atoms with van der Waals surface area (Å²) in [7, 11) is 0. The van der Waals surface area contributed by atoms with Crippen LogP contribution in [-0.2, 0) is 25.7 Å². The lowest BCUT2D eigenvalue weighted by molar-refractivity contribution is -0.146. The van der Waals surface area contributed by atoms with Crippen molar-refractivity contribution in [1.82, 2.24) is 9.97 Å². The number of anilines is 1. The Hall–Kier alpha value is -1.74. The number of nitrogens with zero attached hydrogens (tertiary/aromatic N) is 2. The first kappa shape index (κ1) is 21.3.